The van der Waals surface area contributed by atoms with Gasteiger partial charge >= 0.3 is 5.97 Å². The van der Waals surface area contributed by atoms with Gasteiger partial charge in [-0.25, -0.2) is 4.99 Å². The molecule has 131 heavy (non-hydrogen) atoms. The van der Waals surface area contributed by atoms with Crippen LogP contribution in [0.3, 0.4) is 0 Å². The smallest absolute Gasteiger partial charge is 0.305 e. The first-order valence-electron chi connectivity index (χ1n) is 51.8. The molecule has 0 bridgehead atoms. The molecule has 8 atom stereocenters. The number of terminal acetylenes is 1. The number of aliphatic imine (C=N–C) groups is 2. The second-order valence-electron chi connectivity index (χ2n) is 36.4. The first kappa shape index (κ1) is 120. The Morgan fingerprint density at radius 1 is 0.443 bits per heavy atom. The molecule has 0 spiro atoms. The van der Waals surface area contributed by atoms with E-state index in [0.717, 1.165) is 83.5 Å². The van der Waals surface area contributed by atoms with E-state index in [9.17, 15) is 53.4 Å². The number of unbranched alkanes of at least 4 members (excludes halogenated alkanes) is 41. The summed E-state index contributed by atoms with van der Waals surface area (Å²) in [5.74, 6) is -1.78. The third-order valence-electron chi connectivity index (χ3n) is 24.4. The van der Waals surface area contributed by atoms with E-state index in [1.54, 1.807) is 31.2 Å². The summed E-state index contributed by atoms with van der Waals surface area (Å²) in [6, 6.07) is -1.22. The highest BCUT2D eigenvalue weighted by atomic mass is 32.2. The van der Waals surface area contributed by atoms with Gasteiger partial charge in [0, 0.05) is 48.7 Å². The molecule has 0 saturated carbocycles. The number of esters is 1. The largest absolute Gasteiger partial charge is 0.480 e. The summed E-state index contributed by atoms with van der Waals surface area (Å²) in [5.41, 5.74) is 31.7. The van der Waals surface area contributed by atoms with Crippen molar-refractivity contribution in [3.63, 3.8) is 0 Å². The van der Waals surface area contributed by atoms with E-state index in [1.165, 1.54) is 190 Å². The number of nitrogens with one attached hydrogen (secondary N) is 8. The summed E-state index contributed by atoms with van der Waals surface area (Å²) in [5, 5.41) is 45.1. The molecule has 0 aliphatic carbocycles. The number of hydrogen-bond acceptors (Lipinski definition) is 20. The summed E-state index contributed by atoms with van der Waals surface area (Å²) in [6.45, 7) is 11.5. The van der Waals surface area contributed by atoms with Crippen molar-refractivity contribution in [2.24, 2.45) is 44.6 Å². The van der Waals surface area contributed by atoms with Crippen LogP contribution in [0.1, 0.15) is 413 Å². The predicted octanol–water partition coefficient (Wildman–Crippen LogP) is 16.4. The molecule has 28 nitrogen and oxygen atoms in total. The highest BCUT2D eigenvalue weighted by molar-refractivity contribution is 7.99. The number of amides is 7. The Morgan fingerprint density at radius 3 is 1.20 bits per heavy atom. The maximum Gasteiger partial charge on any atom is 0.305 e. The van der Waals surface area contributed by atoms with Crippen LogP contribution in [0, 0.1) is 18.3 Å². The van der Waals surface area contributed by atoms with Crippen LogP contribution >= 0.6 is 11.8 Å². The number of nitrogens with zero attached hydrogens (tertiary/aromatic N) is 3. The molecule has 0 fully saturated rings. The first-order valence-corrected chi connectivity index (χ1v) is 53.0. The Morgan fingerprint density at radius 2 is 0.809 bits per heavy atom. The van der Waals surface area contributed by atoms with Crippen LogP contribution in [0.25, 0.3) is 0 Å². The number of rotatable bonds is 88. The van der Waals surface area contributed by atoms with Gasteiger partial charge < -0.3 is 80.8 Å². The van der Waals surface area contributed by atoms with Crippen LogP contribution in [-0.2, 0) is 54.4 Å². The lowest BCUT2D eigenvalue weighted by Gasteiger charge is -2.27. The van der Waals surface area contributed by atoms with Gasteiger partial charge in [0.05, 0.1) is 19.8 Å². The molecule has 1 aromatic carbocycles. The zero-order valence-corrected chi connectivity index (χ0v) is 83.0. The number of thioether (sulfide) groups is 1. The zero-order valence-electron chi connectivity index (χ0n) is 82.2. The van der Waals surface area contributed by atoms with Crippen molar-refractivity contribution in [1.29, 1.82) is 0 Å². The Hall–Kier alpha value is -7.20. The van der Waals surface area contributed by atoms with E-state index in [-0.39, 0.29) is 112 Å². The average molecular weight is 1860 g/mol. The number of aliphatic hydroxyl groups is 2. The van der Waals surface area contributed by atoms with Crippen molar-refractivity contribution in [2.75, 3.05) is 62.8 Å². The number of carbonyl (C=O) groups excluding carboxylic acids is 9. The number of benzene rings is 1. The molecule has 750 valence electrons. The molecule has 0 radical (unpaired) electrons. The third kappa shape index (κ3) is 60.0. The van der Waals surface area contributed by atoms with Crippen LogP contribution in [0.2, 0.25) is 0 Å². The van der Waals surface area contributed by atoms with E-state index in [1.807, 2.05) is 0 Å². The van der Waals surface area contributed by atoms with Gasteiger partial charge in [-0.15, -0.1) is 6.42 Å². The zero-order chi connectivity index (χ0) is 96.0. The molecule has 29 heteroatoms. The van der Waals surface area contributed by atoms with Crippen molar-refractivity contribution in [3.8, 4) is 12.3 Å². The standard InChI is InChI=1S/C102H184N16O12S/c1-7-12-16-19-22-25-28-31-34-37-40-43-46-57-84(120)69-66-82(77-130-93(122)63-48-45-42-39-36-33-30-27-24-21-18-14-9-3)78-131-79-90(110-92(121)62-47-44-41-38-35-32-29-26-23-20-17-13-8-2)101(128)115-89(76-119)100(127)114-88(61-52-56-73-106)99(126)113-87(60-51-55-72-105)98(125)112-86(59-50-54-71-104)97(124)111-85(58-49-53-70-103)96(123)109-83-67-64-81(65-68-83)75-118-95(94(80(6)107)117-102(118)129)116-91(11-5)108-74-15-10-4/h5,64-65,67-68,82,85-91,108,119H,7-10,12-63,66,69-79,103-107H2,1-4,6H3,(H,109,123)(H,110,121)(H,111,124)(H,112,125)(H,113,126)(H,114,127)(H,115,128)(H,117,129)/b94-80-,116-95+/t82?,85-,86-,87-,88-,89-,90-,91?/m0/s1. The number of amidine groups is 2. The summed E-state index contributed by atoms with van der Waals surface area (Å²) < 4.78 is 5.96. The van der Waals surface area contributed by atoms with Crippen LogP contribution in [-0.4, -0.2) is 180 Å². The number of allylic oxidation sites excluding steroid dienone is 1. The number of hydrogen-bond donors (Lipinski definition) is 15. The maximum atomic E-state index is 14.8. The molecule has 0 aromatic heterocycles. The molecule has 2 unspecified atom stereocenters. The predicted molar refractivity (Wildman–Crippen MR) is 538 cm³/mol. The minimum atomic E-state index is -1.62. The Labute approximate surface area is 795 Å². The van der Waals surface area contributed by atoms with Crippen molar-refractivity contribution < 1.29 is 58.1 Å². The fraction of sp³-hybridized carbons (Fsp3) is 0.794. The highest BCUT2D eigenvalue weighted by Gasteiger charge is 2.35. The number of nitrogens with two attached hydrogens (primary N) is 5. The Kier molecular flexibility index (Phi) is 74.3. The number of ketones is 1. The minimum absolute atomic E-state index is 0.0308. The van der Waals surface area contributed by atoms with Crippen LogP contribution in [0.4, 0.5) is 5.69 Å². The van der Waals surface area contributed by atoms with E-state index in [0.29, 0.717) is 119 Å². The fourth-order valence-corrected chi connectivity index (χ4v) is 17.3. The van der Waals surface area contributed by atoms with Gasteiger partial charge in [-0.3, -0.25) is 53.4 Å². The fourth-order valence-electron chi connectivity index (χ4n) is 16.1. The third-order valence-corrected chi connectivity index (χ3v) is 25.7. The van der Waals surface area contributed by atoms with Gasteiger partial charge in [0.2, 0.25) is 41.4 Å². The van der Waals surface area contributed by atoms with E-state index in [4.69, 9.17) is 44.8 Å². The molecule has 7 amide bonds. The monoisotopic (exact) mass is 1860 g/mol. The molecular formula is C102H184N16O12S. The van der Waals surface area contributed by atoms with Crippen molar-refractivity contribution in [2.45, 2.75) is 456 Å². The number of aliphatic hydroxyl groups excluding tert-OH is 2. The average Bonchev–Trinajstić information content (AvgIpc) is 1.66. The van der Waals surface area contributed by atoms with Crippen LogP contribution in [0.5, 0.6) is 0 Å². The lowest BCUT2D eigenvalue weighted by Crippen LogP contribution is -2.60. The van der Waals surface area contributed by atoms with Gasteiger partial charge in [-0.1, -0.05) is 283 Å². The van der Waals surface area contributed by atoms with Crippen molar-refractivity contribution >= 4 is 82.4 Å². The Balaban J connectivity index is 2.44. The van der Waals surface area contributed by atoms with Gasteiger partial charge in [0.25, 0.3) is 6.02 Å². The van der Waals surface area contributed by atoms with Crippen LogP contribution in [0.15, 0.2) is 45.6 Å². The molecule has 20 N–H and O–H groups in total. The quantitative estimate of drug-likeness (QED) is 0.0164. The van der Waals surface area contributed by atoms with E-state index >= 15 is 0 Å². The lowest BCUT2D eigenvalue weighted by atomic mass is 10.0. The summed E-state index contributed by atoms with van der Waals surface area (Å²) in [7, 11) is 0. The molecule has 0 saturated heterocycles. The molecule has 2 rings (SSSR count). The Bertz CT molecular complexity index is 3290. The number of Topliss-reactive ketones (excluding diaryl/α,β-unsaturated/α-hetero) is 1. The number of ether oxygens (including phenoxy) is 1. The second-order valence-corrected chi connectivity index (χ2v) is 37.5. The number of anilines is 1. The SMILES string of the molecule is C#CC(/N=C1\C(=C(/C)N)N=C(O)N1Cc1ccc(NC(=O)[C@H](CCCCN)NC(=O)[C@H](CCCCN)NC(=O)[C@H](CCCCN)NC(=O)[C@H](CCCCN)NC(=O)[C@H](CO)NC(=O)[C@H](CSCC(CCC(=O)CCCCCCCCCCCCCCC)COC(=O)CCCCCCCCCCCCCCC)NC(=O)CCCCCCCCCCCCCCC)cc1)NCCCC. The van der Waals surface area contributed by atoms with E-state index in [2.05, 4.69) is 81.1 Å². The topological polar surface area (TPSA) is 458 Å². The van der Waals surface area contributed by atoms with Crippen molar-refractivity contribution in [1.82, 2.24) is 42.1 Å². The van der Waals surface area contributed by atoms with Crippen LogP contribution < -0.4 is 71.2 Å². The second kappa shape index (κ2) is 81.2. The molecule has 1 aliphatic rings. The van der Waals surface area contributed by atoms with Gasteiger partial charge in [0.15, 0.2) is 12.0 Å². The molecule has 1 heterocycles. The van der Waals surface area contributed by atoms with E-state index < -0.39 is 84.5 Å². The van der Waals surface area contributed by atoms with Gasteiger partial charge in [0.1, 0.15) is 47.7 Å². The highest BCUT2D eigenvalue weighted by Crippen LogP contribution is 2.26. The summed E-state index contributed by atoms with van der Waals surface area (Å²) in [4.78, 5) is 139. The van der Waals surface area contributed by atoms with Gasteiger partial charge in [-0.05, 0) is 172 Å². The van der Waals surface area contributed by atoms with Crippen molar-refractivity contribution in [3.05, 3.63) is 41.2 Å². The molecule has 1 aliphatic heterocycles. The maximum absolute atomic E-state index is 14.8. The normalized spacial score (nSPS) is 14.6. The molecule has 1 aromatic rings. The lowest BCUT2D eigenvalue weighted by molar-refractivity contribution is -0.145. The van der Waals surface area contributed by atoms with Gasteiger partial charge in [-0.2, -0.15) is 16.8 Å². The summed E-state index contributed by atoms with van der Waals surface area (Å²) in [6.07, 6.45) is 58.4. The summed E-state index contributed by atoms with van der Waals surface area (Å²) >= 11 is 1.36. The first-order chi connectivity index (χ1) is 63.7. The molecular weight excluding hydrogens is 1670 g/mol. The minimum Gasteiger partial charge on any atom is -0.480 e. The number of carbonyl (C=O) groups is 9.